The number of anilines is 1. The van der Waals surface area contributed by atoms with Gasteiger partial charge in [-0.25, -0.2) is 0 Å². The first-order valence-corrected chi connectivity index (χ1v) is 7.52. The SMILES string of the molecule is COc1cc(C=CC(=O)Nc2cccc([N+](=O)[O-])c2)cc(OC)c1OC. The van der Waals surface area contributed by atoms with Crippen LogP contribution in [0.2, 0.25) is 0 Å². The largest absolute Gasteiger partial charge is 0.493 e. The predicted octanol–water partition coefficient (Wildman–Crippen LogP) is 3.27. The maximum absolute atomic E-state index is 12.0. The number of methoxy groups -OCH3 is 3. The Morgan fingerprint density at radius 2 is 1.73 bits per heavy atom. The van der Waals surface area contributed by atoms with Crippen LogP contribution < -0.4 is 19.5 Å². The molecule has 0 aliphatic heterocycles. The first-order valence-electron chi connectivity index (χ1n) is 7.52. The quantitative estimate of drug-likeness (QED) is 0.463. The molecule has 2 rings (SSSR count). The topological polar surface area (TPSA) is 99.9 Å². The summed E-state index contributed by atoms with van der Waals surface area (Å²) in [5, 5.41) is 13.3. The second-order valence-corrected chi connectivity index (χ2v) is 5.09. The Morgan fingerprint density at radius 3 is 2.27 bits per heavy atom. The molecule has 0 bridgehead atoms. The van der Waals surface area contributed by atoms with Crippen LogP contribution in [0, 0.1) is 10.1 Å². The minimum Gasteiger partial charge on any atom is -0.493 e. The van der Waals surface area contributed by atoms with E-state index in [0.29, 0.717) is 28.5 Å². The molecule has 136 valence electrons. The predicted molar refractivity (Wildman–Crippen MR) is 96.9 cm³/mol. The van der Waals surface area contributed by atoms with Gasteiger partial charge in [0.25, 0.3) is 5.69 Å². The van der Waals surface area contributed by atoms with Crippen molar-refractivity contribution >= 4 is 23.4 Å². The van der Waals surface area contributed by atoms with Crippen molar-refractivity contribution < 1.29 is 23.9 Å². The molecule has 0 radical (unpaired) electrons. The van der Waals surface area contributed by atoms with Gasteiger partial charge in [-0.2, -0.15) is 0 Å². The van der Waals surface area contributed by atoms with Crippen molar-refractivity contribution in [2.75, 3.05) is 26.6 Å². The molecule has 0 unspecified atom stereocenters. The number of hydrogen-bond acceptors (Lipinski definition) is 6. The van der Waals surface area contributed by atoms with Crippen molar-refractivity contribution in [2.24, 2.45) is 0 Å². The third-order valence-electron chi connectivity index (χ3n) is 3.44. The molecule has 1 N–H and O–H groups in total. The Labute approximate surface area is 150 Å². The summed E-state index contributed by atoms with van der Waals surface area (Å²) in [5.74, 6) is 0.948. The van der Waals surface area contributed by atoms with Crippen LogP contribution >= 0.6 is 0 Å². The smallest absolute Gasteiger partial charge is 0.271 e. The lowest BCUT2D eigenvalue weighted by Gasteiger charge is -2.12. The molecular weight excluding hydrogens is 340 g/mol. The third kappa shape index (κ3) is 4.50. The highest BCUT2D eigenvalue weighted by Crippen LogP contribution is 2.38. The van der Waals surface area contributed by atoms with Crippen LogP contribution in [-0.2, 0) is 4.79 Å². The molecule has 26 heavy (non-hydrogen) atoms. The van der Waals surface area contributed by atoms with Crippen LogP contribution in [-0.4, -0.2) is 32.2 Å². The zero-order valence-corrected chi connectivity index (χ0v) is 14.5. The van der Waals surface area contributed by atoms with E-state index in [0.717, 1.165) is 0 Å². The second kappa shape index (κ2) is 8.52. The lowest BCUT2D eigenvalue weighted by Crippen LogP contribution is -2.07. The fourth-order valence-electron chi connectivity index (χ4n) is 2.25. The van der Waals surface area contributed by atoms with Gasteiger partial charge in [-0.3, -0.25) is 14.9 Å². The first kappa shape index (κ1) is 18.8. The highest BCUT2D eigenvalue weighted by molar-refractivity contribution is 6.02. The van der Waals surface area contributed by atoms with Crippen molar-refractivity contribution in [3.8, 4) is 17.2 Å². The molecule has 8 nitrogen and oxygen atoms in total. The van der Waals surface area contributed by atoms with E-state index in [2.05, 4.69) is 5.32 Å². The van der Waals surface area contributed by atoms with Gasteiger partial charge in [0.1, 0.15) is 0 Å². The molecule has 0 spiro atoms. The van der Waals surface area contributed by atoms with Crippen molar-refractivity contribution in [1.29, 1.82) is 0 Å². The zero-order valence-electron chi connectivity index (χ0n) is 14.5. The molecule has 2 aromatic rings. The maximum Gasteiger partial charge on any atom is 0.271 e. The fraction of sp³-hybridized carbons (Fsp3) is 0.167. The van der Waals surface area contributed by atoms with E-state index in [1.54, 1.807) is 24.3 Å². The van der Waals surface area contributed by atoms with E-state index in [-0.39, 0.29) is 5.69 Å². The van der Waals surface area contributed by atoms with Crippen LogP contribution in [0.15, 0.2) is 42.5 Å². The number of amides is 1. The molecule has 0 saturated carbocycles. The highest BCUT2D eigenvalue weighted by atomic mass is 16.6. The number of carbonyl (C=O) groups is 1. The van der Waals surface area contributed by atoms with Gasteiger partial charge < -0.3 is 19.5 Å². The number of benzene rings is 2. The molecule has 0 fully saturated rings. The average molecular weight is 358 g/mol. The summed E-state index contributed by atoms with van der Waals surface area (Å²) in [6.07, 6.45) is 2.87. The summed E-state index contributed by atoms with van der Waals surface area (Å²) in [4.78, 5) is 22.3. The number of nitro groups is 1. The Morgan fingerprint density at radius 1 is 1.08 bits per heavy atom. The summed E-state index contributed by atoms with van der Waals surface area (Å²) in [7, 11) is 4.50. The van der Waals surface area contributed by atoms with Gasteiger partial charge in [-0.1, -0.05) is 6.07 Å². The van der Waals surface area contributed by atoms with Crippen LogP contribution in [0.3, 0.4) is 0 Å². The monoisotopic (exact) mass is 358 g/mol. The van der Waals surface area contributed by atoms with E-state index in [1.807, 2.05) is 0 Å². The van der Waals surface area contributed by atoms with E-state index < -0.39 is 10.8 Å². The van der Waals surface area contributed by atoms with E-state index >= 15 is 0 Å². The maximum atomic E-state index is 12.0. The number of carbonyl (C=O) groups excluding carboxylic acids is 1. The van der Waals surface area contributed by atoms with Crippen LogP contribution in [0.25, 0.3) is 6.08 Å². The van der Waals surface area contributed by atoms with Gasteiger partial charge in [0.05, 0.1) is 26.3 Å². The Kier molecular flexibility index (Phi) is 6.15. The minimum atomic E-state index is -0.526. The van der Waals surface area contributed by atoms with Crippen LogP contribution in [0.5, 0.6) is 17.2 Å². The van der Waals surface area contributed by atoms with Gasteiger partial charge in [0, 0.05) is 23.9 Å². The third-order valence-corrected chi connectivity index (χ3v) is 3.44. The summed E-state index contributed by atoms with van der Waals surface area (Å²) in [6.45, 7) is 0. The van der Waals surface area contributed by atoms with Crippen LogP contribution in [0.4, 0.5) is 11.4 Å². The molecule has 0 aromatic heterocycles. The van der Waals surface area contributed by atoms with Crippen LogP contribution in [0.1, 0.15) is 5.56 Å². The number of nitro benzene ring substituents is 1. The lowest BCUT2D eigenvalue weighted by atomic mass is 10.1. The molecule has 1 amide bonds. The zero-order chi connectivity index (χ0) is 19.1. The molecule has 0 heterocycles. The molecule has 0 aliphatic carbocycles. The fourth-order valence-corrected chi connectivity index (χ4v) is 2.25. The summed E-state index contributed by atoms with van der Waals surface area (Å²) >= 11 is 0. The molecule has 0 aliphatic rings. The van der Waals surface area contributed by atoms with Crippen molar-refractivity contribution in [2.45, 2.75) is 0 Å². The minimum absolute atomic E-state index is 0.101. The molecule has 0 saturated heterocycles. The number of nitrogens with one attached hydrogen (secondary N) is 1. The standard InChI is InChI=1S/C18H18N2O6/c1-24-15-9-12(10-16(25-2)18(15)26-3)7-8-17(21)19-13-5-4-6-14(11-13)20(22)23/h4-11H,1-3H3,(H,19,21). The summed E-state index contributed by atoms with van der Waals surface area (Å²) in [6, 6.07) is 9.08. The second-order valence-electron chi connectivity index (χ2n) is 5.09. The molecule has 8 heteroatoms. The van der Waals surface area contributed by atoms with Crippen molar-refractivity contribution in [1.82, 2.24) is 0 Å². The molecular formula is C18H18N2O6. The van der Waals surface area contributed by atoms with Gasteiger partial charge in [-0.15, -0.1) is 0 Å². The van der Waals surface area contributed by atoms with E-state index in [1.165, 1.54) is 45.6 Å². The lowest BCUT2D eigenvalue weighted by molar-refractivity contribution is -0.384. The highest BCUT2D eigenvalue weighted by Gasteiger charge is 2.12. The summed E-state index contributed by atoms with van der Waals surface area (Å²) < 4.78 is 15.7. The number of non-ortho nitro benzene ring substituents is 1. The normalized spacial score (nSPS) is 10.4. The number of ether oxygens (including phenoxy) is 3. The number of rotatable bonds is 7. The van der Waals surface area contributed by atoms with Crippen molar-refractivity contribution in [3.63, 3.8) is 0 Å². The van der Waals surface area contributed by atoms with E-state index in [4.69, 9.17) is 14.2 Å². The molecule has 2 aromatic carbocycles. The molecule has 0 atom stereocenters. The van der Waals surface area contributed by atoms with Gasteiger partial charge in [-0.05, 0) is 29.8 Å². The van der Waals surface area contributed by atoms with Gasteiger partial charge >= 0.3 is 0 Å². The Hall–Kier alpha value is -3.55. The number of hydrogen-bond donors (Lipinski definition) is 1. The number of nitrogens with zero attached hydrogens (tertiary/aromatic N) is 1. The van der Waals surface area contributed by atoms with Crippen molar-refractivity contribution in [3.05, 3.63) is 58.2 Å². The Bertz CT molecular complexity index is 822. The first-order chi connectivity index (χ1) is 12.5. The van der Waals surface area contributed by atoms with Gasteiger partial charge in [0.15, 0.2) is 11.5 Å². The Balaban J connectivity index is 2.17. The van der Waals surface area contributed by atoms with E-state index in [9.17, 15) is 14.9 Å². The van der Waals surface area contributed by atoms with Gasteiger partial charge in [0.2, 0.25) is 11.7 Å². The summed E-state index contributed by atoms with van der Waals surface area (Å²) in [5.41, 5.74) is 0.892. The average Bonchev–Trinajstić information content (AvgIpc) is 2.65.